The van der Waals surface area contributed by atoms with Gasteiger partial charge < -0.3 is 5.11 Å². The molecule has 23 heavy (non-hydrogen) atoms. The number of hydrazone groups is 1. The van der Waals surface area contributed by atoms with Gasteiger partial charge in [0.15, 0.2) is 0 Å². The monoisotopic (exact) mass is 537 g/mol. The van der Waals surface area contributed by atoms with Gasteiger partial charge >= 0.3 is 0 Å². The van der Waals surface area contributed by atoms with Crippen LogP contribution in [-0.2, 0) is 0 Å². The Hall–Kier alpha value is -1.76. The number of nitrogens with one attached hydrogen (secondary N) is 1. The molecule has 0 bridgehead atoms. The molecule has 9 heteroatoms. The number of aromatic hydroxyl groups is 1. The summed E-state index contributed by atoms with van der Waals surface area (Å²) in [7, 11) is 0. The van der Waals surface area contributed by atoms with Crippen LogP contribution in [0.3, 0.4) is 0 Å². The highest BCUT2D eigenvalue weighted by Gasteiger charge is 2.09. The Morgan fingerprint density at radius 3 is 2.30 bits per heavy atom. The topological polar surface area (TPSA) is 105 Å². The van der Waals surface area contributed by atoms with Gasteiger partial charge in [-0.1, -0.05) is 0 Å². The molecule has 0 unspecified atom stereocenters. The van der Waals surface area contributed by atoms with Crippen LogP contribution in [0.4, 0.5) is 5.69 Å². The number of rotatable bonds is 4. The van der Waals surface area contributed by atoms with Gasteiger partial charge in [-0.05, 0) is 75.0 Å². The van der Waals surface area contributed by atoms with Gasteiger partial charge in [-0.2, -0.15) is 5.10 Å². The first-order valence-electron chi connectivity index (χ1n) is 6.14. The highest BCUT2D eigenvalue weighted by Crippen LogP contribution is 2.26. The first-order valence-corrected chi connectivity index (χ1v) is 8.30. The number of nitro groups is 1. The summed E-state index contributed by atoms with van der Waals surface area (Å²) in [5.41, 5.74) is 3.25. The van der Waals surface area contributed by atoms with Gasteiger partial charge in [0.1, 0.15) is 5.75 Å². The van der Waals surface area contributed by atoms with Gasteiger partial charge in [0.2, 0.25) is 0 Å². The summed E-state index contributed by atoms with van der Waals surface area (Å²) in [6, 6.07) is 8.66. The van der Waals surface area contributed by atoms with E-state index in [9.17, 15) is 20.0 Å². The maximum atomic E-state index is 11.9. The molecule has 0 atom stereocenters. The molecular formula is C14H9I2N3O4. The first kappa shape index (κ1) is 17.6. The predicted octanol–water partition coefficient (Wildman–Crippen LogP) is 3.27. The molecule has 7 nitrogen and oxygen atoms in total. The lowest BCUT2D eigenvalue weighted by Crippen LogP contribution is -2.17. The van der Waals surface area contributed by atoms with Crippen LogP contribution in [0.2, 0.25) is 0 Å². The zero-order valence-electron chi connectivity index (χ0n) is 11.4. The Morgan fingerprint density at radius 1 is 1.22 bits per heavy atom. The van der Waals surface area contributed by atoms with E-state index in [0.29, 0.717) is 7.14 Å². The summed E-state index contributed by atoms with van der Waals surface area (Å²) >= 11 is 4.00. The van der Waals surface area contributed by atoms with E-state index >= 15 is 0 Å². The lowest BCUT2D eigenvalue weighted by molar-refractivity contribution is -0.384. The summed E-state index contributed by atoms with van der Waals surface area (Å²) in [5, 5.41) is 24.1. The quantitative estimate of drug-likeness (QED) is 0.271. The highest BCUT2D eigenvalue weighted by atomic mass is 127. The number of benzene rings is 2. The fourth-order valence-electron chi connectivity index (χ4n) is 1.62. The number of carbonyl (C=O) groups excluding carboxylic acids is 1. The second kappa shape index (κ2) is 7.68. The van der Waals surface area contributed by atoms with E-state index in [0.717, 1.165) is 5.56 Å². The minimum absolute atomic E-state index is 0.0849. The van der Waals surface area contributed by atoms with E-state index in [1.165, 1.54) is 30.5 Å². The van der Waals surface area contributed by atoms with Crippen molar-refractivity contribution in [3.63, 3.8) is 0 Å². The van der Waals surface area contributed by atoms with Crippen LogP contribution < -0.4 is 5.43 Å². The number of hydrogen-bond donors (Lipinski definition) is 2. The zero-order chi connectivity index (χ0) is 17.0. The average molecular weight is 537 g/mol. The van der Waals surface area contributed by atoms with Gasteiger partial charge in [-0.15, -0.1) is 0 Å². The molecule has 0 aliphatic heterocycles. The number of phenols is 1. The Labute approximate surface area is 158 Å². The van der Waals surface area contributed by atoms with Gasteiger partial charge in [0.25, 0.3) is 11.6 Å². The second-order valence-corrected chi connectivity index (χ2v) is 6.66. The van der Waals surface area contributed by atoms with Crippen molar-refractivity contribution in [2.24, 2.45) is 5.10 Å². The molecule has 0 saturated carbocycles. The molecule has 0 fully saturated rings. The number of carbonyl (C=O) groups is 1. The Kier molecular flexibility index (Phi) is 5.87. The van der Waals surface area contributed by atoms with E-state index in [1.807, 2.05) is 45.2 Å². The molecule has 2 N–H and O–H groups in total. The zero-order valence-corrected chi connectivity index (χ0v) is 15.7. The van der Waals surface area contributed by atoms with Crippen molar-refractivity contribution in [1.29, 1.82) is 0 Å². The number of phenolic OH excluding ortho intramolecular Hbond substituents is 1. The van der Waals surface area contributed by atoms with Crippen molar-refractivity contribution in [1.82, 2.24) is 5.43 Å². The molecule has 0 saturated heterocycles. The fourth-order valence-corrected chi connectivity index (χ4v) is 3.44. The van der Waals surface area contributed by atoms with Crippen molar-refractivity contribution >= 4 is 63.0 Å². The minimum atomic E-state index is -0.534. The molecule has 0 heterocycles. The summed E-state index contributed by atoms with van der Waals surface area (Å²) in [6.45, 7) is 0. The van der Waals surface area contributed by atoms with E-state index < -0.39 is 10.8 Å². The highest BCUT2D eigenvalue weighted by molar-refractivity contribution is 14.1. The summed E-state index contributed by atoms with van der Waals surface area (Å²) in [6.07, 6.45) is 1.45. The van der Waals surface area contributed by atoms with Crippen molar-refractivity contribution in [2.45, 2.75) is 0 Å². The van der Waals surface area contributed by atoms with Crippen LogP contribution in [0, 0.1) is 17.3 Å². The molecule has 0 spiro atoms. The van der Waals surface area contributed by atoms with Gasteiger partial charge in [0.05, 0.1) is 18.3 Å². The molecule has 1 amide bonds. The van der Waals surface area contributed by atoms with Crippen LogP contribution in [0.1, 0.15) is 15.9 Å². The largest absolute Gasteiger partial charge is 0.506 e. The number of nitro benzene ring substituents is 1. The Morgan fingerprint density at radius 2 is 1.78 bits per heavy atom. The Balaban J connectivity index is 2.05. The molecule has 118 valence electrons. The van der Waals surface area contributed by atoms with Crippen LogP contribution >= 0.6 is 45.2 Å². The lowest BCUT2D eigenvalue weighted by Gasteiger charge is -2.02. The third kappa shape index (κ3) is 4.60. The molecule has 0 aliphatic rings. The first-order chi connectivity index (χ1) is 10.9. The molecule has 2 aromatic rings. The lowest BCUT2D eigenvalue weighted by atomic mass is 10.2. The van der Waals surface area contributed by atoms with E-state index in [-0.39, 0.29) is 17.0 Å². The summed E-state index contributed by atoms with van der Waals surface area (Å²) in [5.74, 6) is -0.266. The number of amides is 1. The van der Waals surface area contributed by atoms with Crippen LogP contribution in [0.25, 0.3) is 0 Å². The smallest absolute Gasteiger partial charge is 0.271 e. The van der Waals surface area contributed by atoms with Crippen LogP contribution in [0.15, 0.2) is 41.5 Å². The summed E-state index contributed by atoms with van der Waals surface area (Å²) in [4.78, 5) is 21.9. The fraction of sp³-hybridized carbons (Fsp3) is 0. The number of non-ortho nitro benzene ring substituents is 1. The number of halogens is 2. The van der Waals surface area contributed by atoms with Crippen molar-refractivity contribution < 1.29 is 14.8 Å². The van der Waals surface area contributed by atoms with Gasteiger partial charge in [0, 0.05) is 17.7 Å². The van der Waals surface area contributed by atoms with Gasteiger partial charge in [-0.3, -0.25) is 14.9 Å². The number of nitrogens with zero attached hydrogens (tertiary/aromatic N) is 2. The molecule has 2 aromatic carbocycles. The van der Waals surface area contributed by atoms with Crippen LogP contribution in [-0.4, -0.2) is 22.2 Å². The van der Waals surface area contributed by atoms with E-state index in [2.05, 4.69) is 10.5 Å². The molecule has 0 radical (unpaired) electrons. The maximum absolute atomic E-state index is 11.9. The molecular weight excluding hydrogens is 528 g/mol. The van der Waals surface area contributed by atoms with E-state index in [1.54, 1.807) is 12.1 Å². The second-order valence-electron chi connectivity index (χ2n) is 4.34. The maximum Gasteiger partial charge on any atom is 0.271 e. The molecule has 2 rings (SSSR count). The third-order valence-electron chi connectivity index (χ3n) is 2.76. The van der Waals surface area contributed by atoms with Crippen molar-refractivity contribution in [3.8, 4) is 5.75 Å². The number of hydrogen-bond acceptors (Lipinski definition) is 5. The Bertz CT molecular complexity index is 768. The standard InChI is InChI=1S/C14H9I2N3O4/c15-11-5-8(6-12(16)13(11)20)7-17-18-14(21)9-1-3-10(4-2-9)19(22)23/h1-7,20H,(H,18,21)/b17-7+. The average Bonchev–Trinajstić information content (AvgIpc) is 2.52. The van der Waals surface area contributed by atoms with E-state index in [4.69, 9.17) is 0 Å². The minimum Gasteiger partial charge on any atom is -0.506 e. The predicted molar refractivity (Wildman–Crippen MR) is 102 cm³/mol. The summed E-state index contributed by atoms with van der Waals surface area (Å²) < 4.78 is 1.36. The molecule has 0 aliphatic carbocycles. The normalized spacial score (nSPS) is 10.7. The molecule has 0 aromatic heterocycles. The van der Waals surface area contributed by atoms with Gasteiger partial charge in [-0.25, -0.2) is 5.43 Å². The van der Waals surface area contributed by atoms with Crippen molar-refractivity contribution in [3.05, 3.63) is 64.8 Å². The third-order valence-corrected chi connectivity index (χ3v) is 4.40. The van der Waals surface area contributed by atoms with Crippen molar-refractivity contribution in [2.75, 3.05) is 0 Å². The SMILES string of the molecule is O=C(N/N=C/c1cc(I)c(O)c(I)c1)c1ccc([N+](=O)[O-])cc1. The van der Waals surface area contributed by atoms with Crippen LogP contribution in [0.5, 0.6) is 5.75 Å².